The number of amides is 1. The summed E-state index contributed by atoms with van der Waals surface area (Å²) in [4.78, 5) is 24.6. The second-order valence-corrected chi connectivity index (χ2v) is 5.11. The summed E-state index contributed by atoms with van der Waals surface area (Å²) in [5.74, 6) is -0.336. The third-order valence-electron chi connectivity index (χ3n) is 3.61. The number of pyridine rings is 1. The van der Waals surface area contributed by atoms with Gasteiger partial charge in [0.1, 0.15) is 5.56 Å². The fraction of sp³-hybridized carbons (Fsp3) is 0.333. The SMILES string of the molecule is CCNC(=O)c1cn(C2CC2)c2cccc(N)c2c1=O. The first kappa shape index (κ1) is 12.7. The third kappa shape index (κ3) is 1.95. The number of nitrogen functional groups attached to an aromatic ring is 1. The monoisotopic (exact) mass is 271 g/mol. The van der Waals surface area contributed by atoms with E-state index in [0.717, 1.165) is 18.4 Å². The van der Waals surface area contributed by atoms with Crippen molar-refractivity contribution < 1.29 is 4.79 Å². The van der Waals surface area contributed by atoms with Crippen LogP contribution in [0.5, 0.6) is 0 Å². The molecular formula is C15H17N3O2. The Morgan fingerprint density at radius 3 is 2.85 bits per heavy atom. The van der Waals surface area contributed by atoms with Crippen LogP contribution >= 0.6 is 0 Å². The van der Waals surface area contributed by atoms with Gasteiger partial charge in [-0.3, -0.25) is 9.59 Å². The maximum atomic E-state index is 12.5. The average Bonchev–Trinajstić information content (AvgIpc) is 3.23. The van der Waals surface area contributed by atoms with Gasteiger partial charge in [0, 0.05) is 24.5 Å². The Morgan fingerprint density at radius 1 is 1.45 bits per heavy atom. The minimum absolute atomic E-state index is 0.171. The number of hydrogen-bond acceptors (Lipinski definition) is 3. The molecule has 0 aliphatic heterocycles. The lowest BCUT2D eigenvalue weighted by Gasteiger charge is -2.13. The van der Waals surface area contributed by atoms with Crippen LogP contribution in [0.3, 0.4) is 0 Å². The molecule has 1 aliphatic rings. The van der Waals surface area contributed by atoms with Crippen molar-refractivity contribution in [2.45, 2.75) is 25.8 Å². The lowest BCUT2D eigenvalue weighted by atomic mass is 10.1. The Morgan fingerprint density at radius 2 is 2.20 bits per heavy atom. The third-order valence-corrected chi connectivity index (χ3v) is 3.61. The van der Waals surface area contributed by atoms with Crippen LogP contribution in [-0.2, 0) is 0 Å². The molecular weight excluding hydrogens is 254 g/mol. The van der Waals surface area contributed by atoms with Gasteiger partial charge in [-0.15, -0.1) is 0 Å². The molecule has 1 aromatic heterocycles. The van der Waals surface area contributed by atoms with Crippen molar-refractivity contribution in [3.05, 3.63) is 40.2 Å². The Labute approximate surface area is 116 Å². The second-order valence-electron chi connectivity index (χ2n) is 5.11. The highest BCUT2D eigenvalue weighted by molar-refractivity contribution is 6.00. The van der Waals surface area contributed by atoms with Crippen LogP contribution in [0.25, 0.3) is 10.9 Å². The fourth-order valence-electron chi connectivity index (χ4n) is 2.49. The molecule has 3 N–H and O–H groups in total. The highest BCUT2D eigenvalue weighted by Gasteiger charge is 2.27. The van der Waals surface area contributed by atoms with E-state index in [4.69, 9.17) is 5.73 Å². The standard InChI is InChI=1S/C15H17N3O2/c1-2-17-15(20)10-8-18(9-6-7-9)12-5-3-4-11(16)13(12)14(10)19/h3-5,8-9H,2,6-7,16H2,1H3,(H,17,20). The Kier molecular flexibility index (Phi) is 2.97. The van der Waals surface area contributed by atoms with E-state index in [9.17, 15) is 9.59 Å². The molecule has 20 heavy (non-hydrogen) atoms. The van der Waals surface area contributed by atoms with Crippen LogP contribution < -0.4 is 16.5 Å². The van der Waals surface area contributed by atoms with Crippen molar-refractivity contribution in [1.29, 1.82) is 0 Å². The number of hydrogen-bond donors (Lipinski definition) is 2. The molecule has 1 fully saturated rings. The number of aromatic nitrogens is 1. The zero-order chi connectivity index (χ0) is 14.3. The zero-order valence-electron chi connectivity index (χ0n) is 11.3. The minimum atomic E-state index is -0.336. The van der Waals surface area contributed by atoms with Crippen molar-refractivity contribution in [2.75, 3.05) is 12.3 Å². The van der Waals surface area contributed by atoms with Gasteiger partial charge in [-0.2, -0.15) is 0 Å². The van der Waals surface area contributed by atoms with Crippen molar-refractivity contribution in [2.24, 2.45) is 0 Å². The molecule has 0 saturated heterocycles. The molecule has 5 nitrogen and oxygen atoms in total. The number of rotatable bonds is 3. The summed E-state index contributed by atoms with van der Waals surface area (Å²) in [6, 6.07) is 5.78. The quantitative estimate of drug-likeness (QED) is 0.834. The maximum Gasteiger partial charge on any atom is 0.256 e. The number of fused-ring (bicyclic) bond motifs is 1. The highest BCUT2D eigenvalue weighted by Crippen LogP contribution is 2.37. The molecule has 1 aromatic carbocycles. The van der Waals surface area contributed by atoms with Gasteiger partial charge in [0.15, 0.2) is 0 Å². The van der Waals surface area contributed by atoms with E-state index in [1.165, 1.54) is 0 Å². The van der Waals surface area contributed by atoms with Crippen LogP contribution in [0.1, 0.15) is 36.2 Å². The molecule has 1 heterocycles. The summed E-state index contributed by atoms with van der Waals surface area (Å²) >= 11 is 0. The fourth-order valence-corrected chi connectivity index (χ4v) is 2.49. The topological polar surface area (TPSA) is 77.1 Å². The average molecular weight is 271 g/mol. The molecule has 1 saturated carbocycles. The summed E-state index contributed by atoms with van der Waals surface area (Å²) in [6.07, 6.45) is 3.82. The molecule has 0 bridgehead atoms. The van der Waals surface area contributed by atoms with Gasteiger partial charge in [-0.1, -0.05) is 6.07 Å². The number of carbonyl (C=O) groups excluding carboxylic acids is 1. The highest BCUT2D eigenvalue weighted by atomic mass is 16.2. The second kappa shape index (κ2) is 4.67. The number of anilines is 1. The number of nitrogens with zero attached hydrogens (tertiary/aromatic N) is 1. The Bertz CT molecular complexity index is 745. The van der Waals surface area contributed by atoms with Gasteiger partial charge in [0.05, 0.1) is 10.9 Å². The van der Waals surface area contributed by atoms with Crippen molar-refractivity contribution >= 4 is 22.5 Å². The number of nitrogens with one attached hydrogen (secondary N) is 1. The smallest absolute Gasteiger partial charge is 0.256 e. The van der Waals surface area contributed by atoms with Crippen LogP contribution in [0.2, 0.25) is 0 Å². The molecule has 1 amide bonds. The molecule has 0 radical (unpaired) electrons. The first-order chi connectivity index (χ1) is 9.63. The molecule has 0 unspecified atom stereocenters. The first-order valence-corrected chi connectivity index (χ1v) is 6.85. The number of carbonyl (C=O) groups is 1. The predicted octanol–water partition coefficient (Wildman–Crippen LogP) is 1.67. The van der Waals surface area contributed by atoms with Gasteiger partial charge in [0.2, 0.25) is 5.43 Å². The molecule has 0 spiro atoms. The lowest BCUT2D eigenvalue weighted by molar-refractivity contribution is 0.0954. The summed E-state index contributed by atoms with van der Waals surface area (Å²) in [5.41, 5.74) is 7.06. The van der Waals surface area contributed by atoms with E-state index in [2.05, 4.69) is 5.32 Å². The summed E-state index contributed by atoms with van der Waals surface area (Å²) in [7, 11) is 0. The lowest BCUT2D eigenvalue weighted by Crippen LogP contribution is -2.29. The van der Waals surface area contributed by atoms with E-state index in [-0.39, 0.29) is 16.9 Å². The molecule has 0 atom stereocenters. The minimum Gasteiger partial charge on any atom is -0.398 e. The van der Waals surface area contributed by atoms with E-state index >= 15 is 0 Å². The first-order valence-electron chi connectivity index (χ1n) is 6.85. The molecule has 104 valence electrons. The van der Waals surface area contributed by atoms with E-state index in [0.29, 0.717) is 23.7 Å². The Hall–Kier alpha value is -2.30. The molecule has 5 heteroatoms. The van der Waals surface area contributed by atoms with Crippen molar-refractivity contribution in [3.8, 4) is 0 Å². The van der Waals surface area contributed by atoms with Crippen LogP contribution in [0.4, 0.5) is 5.69 Å². The largest absolute Gasteiger partial charge is 0.398 e. The zero-order valence-corrected chi connectivity index (χ0v) is 11.3. The molecule has 1 aliphatic carbocycles. The van der Waals surface area contributed by atoms with Crippen molar-refractivity contribution in [3.63, 3.8) is 0 Å². The summed E-state index contributed by atoms with van der Waals surface area (Å²) < 4.78 is 2.01. The van der Waals surface area contributed by atoms with Gasteiger partial charge >= 0.3 is 0 Å². The Balaban J connectivity index is 2.32. The van der Waals surface area contributed by atoms with E-state index in [1.807, 2.05) is 23.6 Å². The number of nitrogens with two attached hydrogens (primary N) is 1. The summed E-state index contributed by atoms with van der Waals surface area (Å²) in [5, 5.41) is 3.13. The van der Waals surface area contributed by atoms with Crippen LogP contribution in [-0.4, -0.2) is 17.0 Å². The van der Waals surface area contributed by atoms with E-state index < -0.39 is 0 Å². The van der Waals surface area contributed by atoms with E-state index in [1.54, 1.807) is 12.3 Å². The van der Waals surface area contributed by atoms with Gasteiger partial charge in [0.25, 0.3) is 5.91 Å². The normalized spacial score (nSPS) is 14.4. The maximum absolute atomic E-state index is 12.5. The van der Waals surface area contributed by atoms with Crippen molar-refractivity contribution in [1.82, 2.24) is 9.88 Å². The van der Waals surface area contributed by atoms with Gasteiger partial charge < -0.3 is 15.6 Å². The summed E-state index contributed by atoms with van der Waals surface area (Å²) in [6.45, 7) is 2.32. The molecule has 3 rings (SSSR count). The number of benzene rings is 1. The van der Waals surface area contributed by atoms with Gasteiger partial charge in [-0.25, -0.2) is 0 Å². The van der Waals surface area contributed by atoms with Crippen LogP contribution in [0.15, 0.2) is 29.2 Å². The molecule has 2 aromatic rings. The van der Waals surface area contributed by atoms with Gasteiger partial charge in [-0.05, 0) is 31.9 Å². The van der Waals surface area contributed by atoms with Crippen LogP contribution in [0, 0.1) is 0 Å². The predicted molar refractivity (Wildman–Crippen MR) is 78.9 cm³/mol.